The molecule has 1 N–H and O–H groups in total. The summed E-state index contributed by atoms with van der Waals surface area (Å²) in [4.78, 5) is 13.0. The van der Waals surface area contributed by atoms with E-state index in [4.69, 9.17) is 21.1 Å². The second-order valence-electron chi connectivity index (χ2n) is 7.72. The van der Waals surface area contributed by atoms with Crippen LogP contribution >= 0.6 is 11.6 Å². The number of aliphatic hydroxyl groups excluding tert-OH is 1. The molecule has 8 nitrogen and oxygen atoms in total. The molecule has 35 heavy (non-hydrogen) atoms. The fourth-order valence-electron chi connectivity index (χ4n) is 3.21. The minimum absolute atomic E-state index is 0.0380. The van der Waals surface area contributed by atoms with Crippen LogP contribution in [0.4, 0.5) is 11.4 Å². The molecule has 0 aromatic heterocycles. The van der Waals surface area contributed by atoms with E-state index >= 15 is 0 Å². The van der Waals surface area contributed by atoms with Crippen molar-refractivity contribution < 1.29 is 27.8 Å². The Hall–Kier alpha value is -3.27. The maximum Gasteiger partial charge on any atom is 0.264 e. The summed E-state index contributed by atoms with van der Waals surface area (Å²) in [5, 5.41) is 11.1. The van der Waals surface area contributed by atoms with Gasteiger partial charge in [-0.15, -0.1) is 0 Å². The van der Waals surface area contributed by atoms with Crippen molar-refractivity contribution in [2.45, 2.75) is 17.9 Å². The second kappa shape index (κ2) is 11.4. The summed E-state index contributed by atoms with van der Waals surface area (Å²) in [6.45, 7) is 1.07. The molecule has 0 unspecified atom stereocenters. The zero-order chi connectivity index (χ0) is 25.6. The number of amides is 1. The number of benzene rings is 3. The molecule has 186 valence electrons. The van der Waals surface area contributed by atoms with Gasteiger partial charge in [-0.3, -0.25) is 9.10 Å². The SMILES string of the molecule is COc1ccc(N(C[C@@H](O)COc2ccc(N(C)C(C)=O)cc2)S(=O)(=O)c2ccc(Cl)cc2)cc1. The summed E-state index contributed by atoms with van der Waals surface area (Å²) in [5.74, 6) is 0.941. The minimum Gasteiger partial charge on any atom is -0.497 e. The molecule has 0 spiro atoms. The summed E-state index contributed by atoms with van der Waals surface area (Å²) >= 11 is 5.92. The molecule has 0 fully saturated rings. The van der Waals surface area contributed by atoms with Gasteiger partial charge in [0.1, 0.15) is 24.2 Å². The molecule has 0 heterocycles. The number of hydrogen-bond donors (Lipinski definition) is 1. The van der Waals surface area contributed by atoms with Gasteiger partial charge in [0.25, 0.3) is 10.0 Å². The summed E-state index contributed by atoms with van der Waals surface area (Å²) in [7, 11) is -0.831. The topological polar surface area (TPSA) is 96.4 Å². The van der Waals surface area contributed by atoms with Gasteiger partial charge in [0.05, 0.1) is 24.2 Å². The van der Waals surface area contributed by atoms with E-state index in [-0.39, 0.29) is 24.0 Å². The quantitative estimate of drug-likeness (QED) is 0.436. The van der Waals surface area contributed by atoms with E-state index in [0.717, 1.165) is 4.31 Å². The lowest BCUT2D eigenvalue weighted by Gasteiger charge is -2.27. The van der Waals surface area contributed by atoms with Gasteiger partial charge in [0, 0.05) is 24.7 Å². The molecule has 0 saturated carbocycles. The van der Waals surface area contributed by atoms with Gasteiger partial charge in [0.2, 0.25) is 5.91 Å². The Labute approximate surface area is 210 Å². The highest BCUT2D eigenvalue weighted by atomic mass is 35.5. The number of sulfonamides is 1. The van der Waals surface area contributed by atoms with Crippen molar-refractivity contribution in [3.63, 3.8) is 0 Å². The molecular formula is C25H27ClN2O6S. The first-order valence-electron chi connectivity index (χ1n) is 10.7. The average molecular weight is 519 g/mol. The molecule has 0 aliphatic carbocycles. The third-order valence-electron chi connectivity index (χ3n) is 5.28. The molecule has 0 aliphatic heterocycles. The smallest absolute Gasteiger partial charge is 0.264 e. The first-order chi connectivity index (χ1) is 16.6. The van der Waals surface area contributed by atoms with Crippen molar-refractivity contribution in [2.75, 3.05) is 36.5 Å². The second-order valence-corrected chi connectivity index (χ2v) is 10.0. The Bertz CT molecular complexity index is 1230. The largest absolute Gasteiger partial charge is 0.497 e. The number of hydrogen-bond acceptors (Lipinski definition) is 6. The zero-order valence-electron chi connectivity index (χ0n) is 19.6. The number of carbonyl (C=O) groups excluding carboxylic acids is 1. The van der Waals surface area contributed by atoms with Crippen LogP contribution in [0.5, 0.6) is 11.5 Å². The minimum atomic E-state index is -4.01. The van der Waals surface area contributed by atoms with Crippen molar-refractivity contribution >= 4 is 38.9 Å². The number of rotatable bonds is 10. The third-order valence-corrected chi connectivity index (χ3v) is 7.34. The molecule has 0 bridgehead atoms. The average Bonchev–Trinajstić information content (AvgIpc) is 2.86. The Morgan fingerprint density at radius 1 is 0.943 bits per heavy atom. The van der Waals surface area contributed by atoms with Gasteiger partial charge in [-0.2, -0.15) is 0 Å². The van der Waals surface area contributed by atoms with Crippen LogP contribution < -0.4 is 18.7 Å². The molecule has 10 heteroatoms. The van der Waals surface area contributed by atoms with Crippen LogP contribution in [0.1, 0.15) is 6.92 Å². The van der Waals surface area contributed by atoms with Crippen LogP contribution in [0.15, 0.2) is 77.7 Å². The van der Waals surface area contributed by atoms with Crippen molar-refractivity contribution in [3.8, 4) is 11.5 Å². The van der Waals surface area contributed by atoms with E-state index in [1.165, 1.54) is 43.2 Å². The van der Waals surface area contributed by atoms with Gasteiger partial charge in [-0.25, -0.2) is 8.42 Å². The van der Waals surface area contributed by atoms with Crippen molar-refractivity contribution in [1.29, 1.82) is 0 Å². The summed E-state index contributed by atoms with van der Waals surface area (Å²) in [5.41, 5.74) is 1.06. The van der Waals surface area contributed by atoms with E-state index in [1.807, 2.05) is 0 Å². The van der Waals surface area contributed by atoms with Gasteiger partial charge >= 0.3 is 0 Å². The fraction of sp³-hybridized carbons (Fsp3) is 0.240. The van der Waals surface area contributed by atoms with E-state index < -0.39 is 16.1 Å². The number of halogens is 1. The van der Waals surface area contributed by atoms with E-state index in [1.54, 1.807) is 55.6 Å². The lowest BCUT2D eigenvalue weighted by atomic mass is 10.2. The monoisotopic (exact) mass is 518 g/mol. The molecule has 0 saturated heterocycles. The van der Waals surface area contributed by atoms with E-state index in [2.05, 4.69) is 0 Å². The molecule has 1 atom stereocenters. The van der Waals surface area contributed by atoms with Crippen molar-refractivity contribution in [2.24, 2.45) is 0 Å². The lowest BCUT2D eigenvalue weighted by molar-refractivity contribution is -0.116. The van der Waals surface area contributed by atoms with Crippen LogP contribution in [0.3, 0.4) is 0 Å². The van der Waals surface area contributed by atoms with Crippen LogP contribution in [0, 0.1) is 0 Å². The molecular weight excluding hydrogens is 492 g/mol. The van der Waals surface area contributed by atoms with E-state index in [0.29, 0.717) is 27.9 Å². The normalized spacial score (nSPS) is 12.0. The maximum atomic E-state index is 13.4. The van der Waals surface area contributed by atoms with Gasteiger partial charge < -0.3 is 19.5 Å². The molecule has 1 amide bonds. The predicted octanol–water partition coefficient (Wildman–Crippen LogP) is 3.97. The first-order valence-corrected chi connectivity index (χ1v) is 12.5. The van der Waals surface area contributed by atoms with Gasteiger partial charge in [0.15, 0.2) is 0 Å². The van der Waals surface area contributed by atoms with E-state index in [9.17, 15) is 18.3 Å². The lowest BCUT2D eigenvalue weighted by Crippen LogP contribution is -2.39. The zero-order valence-corrected chi connectivity index (χ0v) is 21.2. The Balaban J connectivity index is 1.77. The Morgan fingerprint density at radius 3 is 2.03 bits per heavy atom. The van der Waals surface area contributed by atoms with Crippen LogP contribution in [0.25, 0.3) is 0 Å². The highest BCUT2D eigenvalue weighted by Gasteiger charge is 2.27. The third kappa shape index (κ3) is 6.66. The number of carbonyl (C=O) groups is 1. The molecule has 0 radical (unpaired) electrons. The predicted molar refractivity (Wildman–Crippen MR) is 136 cm³/mol. The first kappa shape index (κ1) is 26.3. The molecule has 3 rings (SSSR count). The summed E-state index contributed by atoms with van der Waals surface area (Å²) < 4.78 is 38.8. The van der Waals surface area contributed by atoms with Crippen molar-refractivity contribution in [1.82, 2.24) is 0 Å². The van der Waals surface area contributed by atoms with Crippen LogP contribution in [-0.2, 0) is 14.8 Å². The Kier molecular flexibility index (Phi) is 8.61. The molecule has 3 aromatic carbocycles. The Morgan fingerprint density at radius 2 is 1.49 bits per heavy atom. The van der Waals surface area contributed by atoms with Gasteiger partial charge in [-0.05, 0) is 72.8 Å². The maximum absolute atomic E-state index is 13.4. The highest BCUT2D eigenvalue weighted by Crippen LogP contribution is 2.27. The summed E-state index contributed by atoms with van der Waals surface area (Å²) in [6.07, 6.45) is -1.14. The number of anilines is 2. The fourth-order valence-corrected chi connectivity index (χ4v) is 4.84. The number of nitrogens with zero attached hydrogens (tertiary/aromatic N) is 2. The molecule has 0 aliphatic rings. The highest BCUT2D eigenvalue weighted by molar-refractivity contribution is 7.92. The number of methoxy groups -OCH3 is 1. The standard InChI is InChI=1S/C25H27ClN2O6S/c1-18(29)27(2)20-6-12-24(13-7-20)34-17-22(30)16-28(21-8-10-23(33-3)11-9-21)35(31,32)25-14-4-19(26)5-15-25/h4-15,22,30H,16-17H2,1-3H3/t22-/m1/s1. The number of ether oxygens (including phenoxy) is 2. The van der Waals surface area contributed by atoms with Crippen molar-refractivity contribution in [3.05, 3.63) is 77.8 Å². The molecule has 3 aromatic rings. The number of aliphatic hydroxyl groups is 1. The van der Waals surface area contributed by atoms with Crippen LogP contribution in [-0.4, -0.2) is 52.8 Å². The van der Waals surface area contributed by atoms with Crippen LogP contribution in [0.2, 0.25) is 5.02 Å². The van der Waals surface area contributed by atoms with Gasteiger partial charge in [-0.1, -0.05) is 11.6 Å². The summed E-state index contributed by atoms with van der Waals surface area (Å²) in [6, 6.07) is 19.1.